The summed E-state index contributed by atoms with van der Waals surface area (Å²) in [6, 6.07) is 18.7. The summed E-state index contributed by atoms with van der Waals surface area (Å²) in [6.07, 6.45) is 1.95. The summed E-state index contributed by atoms with van der Waals surface area (Å²) in [5, 5.41) is 10.4. The van der Waals surface area contributed by atoms with Crippen molar-refractivity contribution in [2.75, 3.05) is 19.6 Å². The highest BCUT2D eigenvalue weighted by Gasteiger charge is 2.22. The minimum absolute atomic E-state index is 0.402. The smallest absolute Gasteiger partial charge is 0.0916 e. The summed E-state index contributed by atoms with van der Waals surface area (Å²) >= 11 is 3.43. The van der Waals surface area contributed by atoms with Crippen molar-refractivity contribution in [1.82, 2.24) is 4.90 Å². The van der Waals surface area contributed by atoms with Crippen LogP contribution in [0.4, 0.5) is 0 Å². The summed E-state index contributed by atoms with van der Waals surface area (Å²) in [7, 11) is 0. The maximum Gasteiger partial charge on any atom is 0.0916 e. The van der Waals surface area contributed by atoms with Gasteiger partial charge in [-0.05, 0) is 55.1 Å². The average Bonchev–Trinajstić information content (AvgIpc) is 2.57. The molecule has 1 saturated heterocycles. The van der Waals surface area contributed by atoms with E-state index < -0.39 is 6.10 Å². The summed E-state index contributed by atoms with van der Waals surface area (Å²) in [4.78, 5) is 2.38. The molecular formula is C19H22BrNO. The second-order valence-corrected chi connectivity index (χ2v) is 6.97. The Labute approximate surface area is 140 Å². The lowest BCUT2D eigenvalue weighted by Crippen LogP contribution is -2.36. The minimum atomic E-state index is -0.402. The molecule has 2 nitrogen and oxygen atoms in total. The number of aliphatic hydroxyl groups is 1. The van der Waals surface area contributed by atoms with Crippen LogP contribution in [0.1, 0.15) is 36.0 Å². The molecule has 2 aromatic rings. The molecule has 1 atom stereocenters. The Morgan fingerprint density at radius 3 is 2.27 bits per heavy atom. The monoisotopic (exact) mass is 359 g/mol. The molecular weight excluding hydrogens is 338 g/mol. The molecule has 1 heterocycles. The number of hydrogen-bond donors (Lipinski definition) is 1. The van der Waals surface area contributed by atoms with E-state index >= 15 is 0 Å². The number of nitrogens with zero attached hydrogens (tertiary/aromatic N) is 1. The number of hydrogen-bond acceptors (Lipinski definition) is 2. The fourth-order valence-electron chi connectivity index (χ4n) is 3.21. The summed E-state index contributed by atoms with van der Waals surface area (Å²) in [5.41, 5.74) is 2.45. The molecule has 22 heavy (non-hydrogen) atoms. The van der Waals surface area contributed by atoms with E-state index in [1.165, 1.54) is 18.4 Å². The van der Waals surface area contributed by atoms with Crippen LogP contribution >= 0.6 is 15.9 Å². The van der Waals surface area contributed by atoms with Crippen LogP contribution in [0.25, 0.3) is 0 Å². The Balaban J connectivity index is 1.52. The van der Waals surface area contributed by atoms with Crippen LogP contribution < -0.4 is 0 Å². The van der Waals surface area contributed by atoms with Crippen LogP contribution in [-0.2, 0) is 0 Å². The fraction of sp³-hybridized carbons (Fsp3) is 0.368. The average molecular weight is 360 g/mol. The molecule has 2 aromatic carbocycles. The first-order valence-corrected chi connectivity index (χ1v) is 8.72. The third-order valence-corrected chi connectivity index (χ3v) is 5.07. The van der Waals surface area contributed by atoms with Crippen molar-refractivity contribution in [1.29, 1.82) is 0 Å². The molecule has 1 aliphatic rings. The number of benzene rings is 2. The van der Waals surface area contributed by atoms with Crippen molar-refractivity contribution in [3.8, 4) is 0 Å². The largest absolute Gasteiger partial charge is 0.387 e. The topological polar surface area (TPSA) is 23.5 Å². The highest BCUT2D eigenvalue weighted by molar-refractivity contribution is 9.10. The zero-order valence-electron chi connectivity index (χ0n) is 12.7. The van der Waals surface area contributed by atoms with E-state index in [2.05, 4.69) is 51.2 Å². The van der Waals surface area contributed by atoms with Gasteiger partial charge in [0.25, 0.3) is 0 Å². The first-order valence-electron chi connectivity index (χ1n) is 7.93. The first kappa shape index (κ1) is 15.7. The summed E-state index contributed by atoms with van der Waals surface area (Å²) in [5.74, 6) is 0.669. The lowest BCUT2D eigenvalue weighted by atomic mass is 9.89. The van der Waals surface area contributed by atoms with Gasteiger partial charge in [-0.25, -0.2) is 0 Å². The normalized spacial score (nSPS) is 18.3. The Morgan fingerprint density at radius 1 is 1.00 bits per heavy atom. The van der Waals surface area contributed by atoms with Crippen LogP contribution in [0.15, 0.2) is 59.1 Å². The molecule has 116 valence electrons. The first-order chi connectivity index (χ1) is 10.7. The summed E-state index contributed by atoms with van der Waals surface area (Å²) < 4.78 is 1.05. The molecule has 0 spiro atoms. The lowest BCUT2D eigenvalue weighted by Gasteiger charge is -2.33. The third kappa shape index (κ3) is 3.97. The predicted molar refractivity (Wildman–Crippen MR) is 94.0 cm³/mol. The second-order valence-electron chi connectivity index (χ2n) is 6.05. The predicted octanol–water partition coefficient (Wildman–Crippen LogP) is 4.36. The number of halogens is 1. The molecule has 0 saturated carbocycles. The molecule has 3 heteroatoms. The molecule has 1 fully saturated rings. The lowest BCUT2D eigenvalue weighted by molar-refractivity contribution is 0.0972. The molecule has 0 bridgehead atoms. The van der Waals surface area contributed by atoms with Gasteiger partial charge in [0.1, 0.15) is 0 Å². The molecule has 1 N–H and O–H groups in total. The van der Waals surface area contributed by atoms with Gasteiger partial charge in [-0.3, -0.25) is 0 Å². The molecule has 0 radical (unpaired) electrons. The Bertz CT molecular complexity index is 576. The van der Waals surface area contributed by atoms with E-state index in [0.29, 0.717) is 5.92 Å². The van der Waals surface area contributed by atoms with E-state index in [1.807, 2.05) is 24.3 Å². The summed E-state index contributed by atoms with van der Waals surface area (Å²) in [6.45, 7) is 2.85. The van der Waals surface area contributed by atoms with Crippen LogP contribution in [0.5, 0.6) is 0 Å². The molecule has 1 unspecified atom stereocenters. The van der Waals surface area contributed by atoms with Crippen molar-refractivity contribution < 1.29 is 5.11 Å². The van der Waals surface area contributed by atoms with Crippen molar-refractivity contribution in [3.05, 3.63) is 70.2 Å². The van der Waals surface area contributed by atoms with E-state index in [0.717, 1.165) is 29.7 Å². The highest BCUT2D eigenvalue weighted by Crippen LogP contribution is 2.28. The van der Waals surface area contributed by atoms with Crippen LogP contribution in [0.2, 0.25) is 0 Å². The standard InChI is InChI=1S/C19H22BrNO/c20-18-8-6-17(7-9-18)19(22)14-21-12-10-16(11-13-21)15-4-2-1-3-5-15/h1-9,16,19,22H,10-14H2. The van der Waals surface area contributed by atoms with Crippen molar-refractivity contribution >= 4 is 15.9 Å². The quantitative estimate of drug-likeness (QED) is 0.876. The fourth-order valence-corrected chi connectivity index (χ4v) is 3.47. The SMILES string of the molecule is OC(CN1CCC(c2ccccc2)CC1)c1ccc(Br)cc1. The molecule has 1 aliphatic heterocycles. The van der Waals surface area contributed by atoms with Gasteiger partial charge in [-0.15, -0.1) is 0 Å². The maximum absolute atomic E-state index is 10.4. The van der Waals surface area contributed by atoms with E-state index in [1.54, 1.807) is 0 Å². The van der Waals surface area contributed by atoms with Crippen molar-refractivity contribution in [3.63, 3.8) is 0 Å². The number of piperidine rings is 1. The van der Waals surface area contributed by atoms with Crippen LogP contribution in [-0.4, -0.2) is 29.6 Å². The highest BCUT2D eigenvalue weighted by atomic mass is 79.9. The zero-order valence-corrected chi connectivity index (χ0v) is 14.2. The molecule has 0 amide bonds. The van der Waals surface area contributed by atoms with E-state index in [4.69, 9.17) is 0 Å². The maximum atomic E-state index is 10.4. The number of β-amino-alcohol motifs (C(OH)–C–C–N with tert-alkyl or cyclic N) is 1. The molecule has 0 aromatic heterocycles. The Kier molecular flexibility index (Phi) is 5.29. The second kappa shape index (κ2) is 7.40. The van der Waals surface area contributed by atoms with Gasteiger partial charge in [0, 0.05) is 11.0 Å². The van der Waals surface area contributed by atoms with Gasteiger partial charge in [-0.2, -0.15) is 0 Å². The van der Waals surface area contributed by atoms with Gasteiger partial charge in [0.15, 0.2) is 0 Å². The van der Waals surface area contributed by atoms with Gasteiger partial charge < -0.3 is 10.0 Å². The number of rotatable bonds is 4. The van der Waals surface area contributed by atoms with E-state index in [9.17, 15) is 5.11 Å². The van der Waals surface area contributed by atoms with Crippen LogP contribution in [0.3, 0.4) is 0 Å². The molecule has 0 aliphatic carbocycles. The minimum Gasteiger partial charge on any atom is -0.387 e. The molecule has 3 rings (SSSR count). The third-order valence-electron chi connectivity index (χ3n) is 4.54. The van der Waals surface area contributed by atoms with Gasteiger partial charge in [-0.1, -0.05) is 58.4 Å². The van der Waals surface area contributed by atoms with E-state index in [-0.39, 0.29) is 0 Å². The Morgan fingerprint density at radius 2 is 1.64 bits per heavy atom. The Hall–Kier alpha value is -1.16. The van der Waals surface area contributed by atoms with Crippen LogP contribution in [0, 0.1) is 0 Å². The van der Waals surface area contributed by atoms with Gasteiger partial charge in [0.2, 0.25) is 0 Å². The van der Waals surface area contributed by atoms with Crippen molar-refractivity contribution in [2.45, 2.75) is 24.9 Å². The number of likely N-dealkylation sites (tertiary alicyclic amines) is 1. The number of aliphatic hydroxyl groups excluding tert-OH is 1. The van der Waals surface area contributed by atoms with Gasteiger partial charge >= 0.3 is 0 Å². The van der Waals surface area contributed by atoms with Gasteiger partial charge in [0.05, 0.1) is 6.10 Å². The zero-order chi connectivity index (χ0) is 15.4. The van der Waals surface area contributed by atoms with Crippen molar-refractivity contribution in [2.24, 2.45) is 0 Å².